The lowest BCUT2D eigenvalue weighted by Gasteiger charge is -2.30. The van der Waals surface area contributed by atoms with E-state index >= 15 is 0 Å². The lowest BCUT2D eigenvalue weighted by Crippen LogP contribution is -2.23. The first-order valence-electron chi connectivity index (χ1n) is 6.14. The molecule has 1 aromatic rings. The molecule has 0 saturated heterocycles. The van der Waals surface area contributed by atoms with Crippen LogP contribution in [0.1, 0.15) is 51.7 Å². The molecule has 96 valence electrons. The second-order valence-corrected chi connectivity index (χ2v) is 8.43. The molecule has 0 heterocycles. The normalized spacial score (nSPS) is 14.8. The first kappa shape index (κ1) is 15.0. The molecular formula is C15H24S2. The Balaban J connectivity index is 3.08. The maximum absolute atomic E-state index is 4.70. The minimum atomic E-state index is -0.00313. The highest BCUT2D eigenvalue weighted by molar-refractivity contribution is 7.82. The Kier molecular flexibility index (Phi) is 4.65. The maximum atomic E-state index is 4.70. The molecule has 0 nitrogen and oxygen atoms in total. The average molecular weight is 268 g/mol. The van der Waals surface area contributed by atoms with E-state index < -0.39 is 0 Å². The molecule has 0 aromatic heterocycles. The van der Waals surface area contributed by atoms with E-state index in [0.29, 0.717) is 5.92 Å². The molecule has 0 saturated carbocycles. The van der Waals surface area contributed by atoms with Crippen LogP contribution in [0.5, 0.6) is 0 Å². The predicted molar refractivity (Wildman–Crippen MR) is 84.7 cm³/mol. The van der Waals surface area contributed by atoms with Crippen molar-refractivity contribution in [2.45, 2.75) is 56.5 Å². The Morgan fingerprint density at radius 1 is 1.06 bits per heavy atom. The van der Waals surface area contributed by atoms with Crippen LogP contribution in [0.4, 0.5) is 0 Å². The van der Waals surface area contributed by atoms with Gasteiger partial charge in [-0.2, -0.15) is 25.3 Å². The van der Waals surface area contributed by atoms with Gasteiger partial charge in [0.25, 0.3) is 0 Å². The zero-order valence-corrected chi connectivity index (χ0v) is 13.3. The molecule has 0 amide bonds. The van der Waals surface area contributed by atoms with Gasteiger partial charge < -0.3 is 0 Å². The van der Waals surface area contributed by atoms with Gasteiger partial charge in [0.2, 0.25) is 0 Å². The lowest BCUT2D eigenvalue weighted by molar-refractivity contribution is 0.581. The summed E-state index contributed by atoms with van der Waals surface area (Å²) in [6.07, 6.45) is 0.987. The highest BCUT2D eigenvalue weighted by Gasteiger charge is 2.25. The van der Waals surface area contributed by atoms with Gasteiger partial charge >= 0.3 is 0 Å². The molecule has 0 spiro atoms. The van der Waals surface area contributed by atoms with Crippen molar-refractivity contribution >= 4 is 25.3 Å². The van der Waals surface area contributed by atoms with Gasteiger partial charge in [-0.05, 0) is 23.5 Å². The van der Waals surface area contributed by atoms with Gasteiger partial charge in [-0.3, -0.25) is 0 Å². The number of rotatable bonds is 4. The largest absolute Gasteiger partial charge is 0.173 e. The first-order valence-corrected chi connectivity index (χ1v) is 7.03. The van der Waals surface area contributed by atoms with Crippen molar-refractivity contribution in [1.29, 1.82) is 0 Å². The van der Waals surface area contributed by atoms with Crippen molar-refractivity contribution in [1.82, 2.24) is 0 Å². The van der Waals surface area contributed by atoms with Crippen LogP contribution in [-0.4, -0.2) is 9.49 Å². The summed E-state index contributed by atoms with van der Waals surface area (Å²) >= 11 is 9.34. The first-order chi connectivity index (χ1) is 7.61. The summed E-state index contributed by atoms with van der Waals surface area (Å²) in [4.78, 5) is 0. The summed E-state index contributed by atoms with van der Waals surface area (Å²) in [5.74, 6) is 0.428. The molecule has 2 heteroatoms. The summed E-state index contributed by atoms with van der Waals surface area (Å²) in [7, 11) is 0. The zero-order chi connectivity index (χ0) is 13.3. The van der Waals surface area contributed by atoms with Gasteiger partial charge in [0.1, 0.15) is 0 Å². The van der Waals surface area contributed by atoms with E-state index in [1.165, 1.54) is 11.1 Å². The van der Waals surface area contributed by atoms with Gasteiger partial charge in [-0.15, -0.1) is 0 Å². The number of benzene rings is 1. The predicted octanol–water partition coefficient (Wildman–Crippen LogP) is 4.75. The topological polar surface area (TPSA) is 0 Å². The van der Waals surface area contributed by atoms with Crippen molar-refractivity contribution in [2.24, 2.45) is 0 Å². The maximum Gasteiger partial charge on any atom is 0.0139 e. The quantitative estimate of drug-likeness (QED) is 0.723. The highest BCUT2D eigenvalue weighted by atomic mass is 32.1. The minimum absolute atomic E-state index is 0.00313. The molecule has 0 radical (unpaired) electrons. The van der Waals surface area contributed by atoms with Gasteiger partial charge in [0.15, 0.2) is 0 Å². The molecule has 1 unspecified atom stereocenters. The number of thiol groups is 2. The van der Waals surface area contributed by atoms with E-state index in [0.717, 1.165) is 6.42 Å². The molecule has 0 aliphatic rings. The second-order valence-electron chi connectivity index (χ2n) is 6.06. The molecule has 0 fully saturated rings. The standard InChI is InChI=1S/C15H24S2/c1-11(15(4,5)17)13-9-7-6-8-12(13)10-14(2,3)16/h6-9,11,16-17H,10H2,1-5H3. The number of hydrogen-bond acceptors (Lipinski definition) is 2. The SMILES string of the molecule is CC(c1ccccc1CC(C)(C)S)C(C)(C)S. The van der Waals surface area contributed by atoms with Gasteiger partial charge in [0.05, 0.1) is 0 Å². The molecule has 0 aliphatic heterocycles. The monoisotopic (exact) mass is 268 g/mol. The van der Waals surface area contributed by atoms with Crippen LogP contribution in [0, 0.1) is 0 Å². The summed E-state index contributed by atoms with van der Waals surface area (Å²) in [5, 5.41) is 0. The second kappa shape index (κ2) is 5.27. The van der Waals surface area contributed by atoms with Crippen molar-refractivity contribution in [3.63, 3.8) is 0 Å². The fourth-order valence-electron chi connectivity index (χ4n) is 1.96. The highest BCUT2D eigenvalue weighted by Crippen LogP contribution is 2.35. The van der Waals surface area contributed by atoms with E-state index in [1.807, 2.05) is 0 Å². The summed E-state index contributed by atoms with van der Waals surface area (Å²) in [6, 6.07) is 8.65. The zero-order valence-electron chi connectivity index (χ0n) is 11.5. The van der Waals surface area contributed by atoms with E-state index in [2.05, 4.69) is 71.5 Å². The summed E-state index contributed by atoms with van der Waals surface area (Å²) in [5.41, 5.74) is 2.79. The molecule has 0 aliphatic carbocycles. The van der Waals surface area contributed by atoms with Crippen LogP contribution in [0.15, 0.2) is 24.3 Å². The Morgan fingerprint density at radius 3 is 2.06 bits per heavy atom. The Morgan fingerprint density at radius 2 is 1.59 bits per heavy atom. The van der Waals surface area contributed by atoms with Crippen molar-refractivity contribution in [3.05, 3.63) is 35.4 Å². The Hall–Kier alpha value is -0.0800. The third-order valence-electron chi connectivity index (χ3n) is 3.20. The molecule has 17 heavy (non-hydrogen) atoms. The van der Waals surface area contributed by atoms with Crippen LogP contribution >= 0.6 is 25.3 Å². The van der Waals surface area contributed by atoms with E-state index in [1.54, 1.807) is 0 Å². The van der Waals surface area contributed by atoms with E-state index in [-0.39, 0.29) is 9.49 Å². The fourth-order valence-corrected chi connectivity index (χ4v) is 2.27. The molecule has 0 N–H and O–H groups in total. The summed E-state index contributed by atoms with van der Waals surface area (Å²) < 4.78 is 0.0212. The average Bonchev–Trinajstić information content (AvgIpc) is 2.13. The molecule has 0 bridgehead atoms. The van der Waals surface area contributed by atoms with Crippen LogP contribution in [-0.2, 0) is 6.42 Å². The van der Waals surface area contributed by atoms with Crippen LogP contribution in [0.3, 0.4) is 0 Å². The fraction of sp³-hybridized carbons (Fsp3) is 0.600. The van der Waals surface area contributed by atoms with Gasteiger partial charge in [0, 0.05) is 9.49 Å². The van der Waals surface area contributed by atoms with Crippen molar-refractivity contribution in [3.8, 4) is 0 Å². The number of hydrogen-bond donors (Lipinski definition) is 2. The Labute approximate surface area is 117 Å². The van der Waals surface area contributed by atoms with E-state index in [9.17, 15) is 0 Å². The van der Waals surface area contributed by atoms with Crippen LogP contribution in [0.25, 0.3) is 0 Å². The van der Waals surface area contributed by atoms with Gasteiger partial charge in [-0.1, -0.05) is 58.9 Å². The van der Waals surface area contributed by atoms with Crippen molar-refractivity contribution in [2.75, 3.05) is 0 Å². The summed E-state index contributed by atoms with van der Waals surface area (Å²) in [6.45, 7) is 10.9. The van der Waals surface area contributed by atoms with Crippen LogP contribution in [0.2, 0.25) is 0 Å². The van der Waals surface area contributed by atoms with Gasteiger partial charge in [-0.25, -0.2) is 0 Å². The smallest absolute Gasteiger partial charge is 0.0139 e. The molecule has 1 rings (SSSR count). The third-order valence-corrected chi connectivity index (χ3v) is 3.75. The molecule has 1 aromatic carbocycles. The lowest BCUT2D eigenvalue weighted by atomic mass is 9.84. The third kappa shape index (κ3) is 4.59. The van der Waals surface area contributed by atoms with Crippen LogP contribution < -0.4 is 0 Å². The minimum Gasteiger partial charge on any atom is -0.173 e. The Bertz CT molecular complexity index is 369. The molecule has 1 atom stereocenters. The molecular weight excluding hydrogens is 244 g/mol. The van der Waals surface area contributed by atoms with Crippen molar-refractivity contribution < 1.29 is 0 Å². The van der Waals surface area contributed by atoms with E-state index in [4.69, 9.17) is 12.6 Å².